The Kier molecular flexibility index (Phi) is 4.96. The molecule has 0 spiro atoms. The van der Waals surface area contributed by atoms with Gasteiger partial charge in [0.1, 0.15) is 5.25 Å². The molecule has 1 aromatic rings. The van der Waals surface area contributed by atoms with Gasteiger partial charge >= 0.3 is 5.97 Å². The topological polar surface area (TPSA) is 97.5 Å². The molecule has 0 fully saturated rings. The molecule has 0 amide bonds. The van der Waals surface area contributed by atoms with E-state index in [2.05, 4.69) is 0 Å². The Morgan fingerprint density at radius 1 is 1.44 bits per heavy atom. The number of nitro groups is 1. The lowest BCUT2D eigenvalue weighted by molar-refractivity contribution is -0.384. The van der Waals surface area contributed by atoms with E-state index in [1.807, 2.05) is 0 Å². The van der Waals surface area contributed by atoms with Crippen LogP contribution in [-0.4, -0.2) is 25.5 Å². The van der Waals surface area contributed by atoms with Gasteiger partial charge in [0.05, 0.1) is 4.92 Å². The fourth-order valence-corrected chi connectivity index (χ4v) is 2.77. The molecule has 7 heteroatoms. The van der Waals surface area contributed by atoms with Crippen LogP contribution in [0.1, 0.15) is 18.9 Å². The molecular weight excluding hydrogens is 258 g/mol. The molecule has 18 heavy (non-hydrogen) atoms. The average molecular weight is 271 g/mol. The van der Waals surface area contributed by atoms with Gasteiger partial charge in [-0.3, -0.25) is 19.1 Å². The number of carbonyl (C=O) groups is 1. The van der Waals surface area contributed by atoms with Gasteiger partial charge in [-0.25, -0.2) is 0 Å². The summed E-state index contributed by atoms with van der Waals surface area (Å²) in [5, 5.41) is 18.4. The lowest BCUT2D eigenvalue weighted by Gasteiger charge is -2.09. The van der Waals surface area contributed by atoms with Crippen LogP contribution in [-0.2, 0) is 21.3 Å². The van der Waals surface area contributed by atoms with E-state index in [0.29, 0.717) is 5.56 Å². The zero-order valence-electron chi connectivity index (χ0n) is 9.74. The summed E-state index contributed by atoms with van der Waals surface area (Å²) in [6.45, 7) is 1.66. The van der Waals surface area contributed by atoms with Crippen molar-refractivity contribution in [3.63, 3.8) is 0 Å². The SMILES string of the molecule is CCC(C(=O)O)S(=O)Cc1ccc([N+](=O)[O-])cc1. The molecule has 2 atom stereocenters. The van der Waals surface area contributed by atoms with Crippen LogP contribution in [0.4, 0.5) is 5.69 Å². The molecule has 0 saturated heterocycles. The molecule has 0 aliphatic carbocycles. The minimum absolute atomic E-state index is 0.0465. The second-order valence-electron chi connectivity index (χ2n) is 3.68. The van der Waals surface area contributed by atoms with Crippen LogP contribution in [0.3, 0.4) is 0 Å². The van der Waals surface area contributed by atoms with Gasteiger partial charge in [0.25, 0.3) is 5.69 Å². The van der Waals surface area contributed by atoms with E-state index < -0.39 is 26.9 Å². The summed E-state index contributed by atoms with van der Waals surface area (Å²) in [6, 6.07) is 5.61. The molecule has 0 saturated carbocycles. The van der Waals surface area contributed by atoms with Crippen molar-refractivity contribution in [1.29, 1.82) is 0 Å². The number of carboxylic acids is 1. The van der Waals surface area contributed by atoms with Crippen molar-refractivity contribution in [2.75, 3.05) is 0 Å². The van der Waals surface area contributed by atoms with E-state index in [4.69, 9.17) is 5.11 Å². The normalized spacial score (nSPS) is 13.8. The fraction of sp³-hybridized carbons (Fsp3) is 0.364. The third-order valence-electron chi connectivity index (χ3n) is 2.42. The predicted octanol–water partition coefficient (Wildman–Crippen LogP) is 1.71. The Morgan fingerprint density at radius 2 is 2.00 bits per heavy atom. The molecule has 1 rings (SSSR count). The van der Waals surface area contributed by atoms with Crippen molar-refractivity contribution in [2.45, 2.75) is 24.3 Å². The summed E-state index contributed by atoms with van der Waals surface area (Å²) in [6.07, 6.45) is 0.287. The number of carboxylic acid groups (broad SMARTS) is 1. The Morgan fingerprint density at radius 3 is 2.39 bits per heavy atom. The molecule has 0 aliphatic heterocycles. The van der Waals surface area contributed by atoms with E-state index in [9.17, 15) is 19.1 Å². The molecule has 1 N–H and O–H groups in total. The second kappa shape index (κ2) is 6.25. The van der Waals surface area contributed by atoms with Gasteiger partial charge in [-0.1, -0.05) is 19.1 Å². The summed E-state index contributed by atoms with van der Waals surface area (Å²) >= 11 is 0. The van der Waals surface area contributed by atoms with E-state index in [1.165, 1.54) is 24.3 Å². The highest BCUT2D eigenvalue weighted by Gasteiger charge is 2.22. The minimum atomic E-state index is -1.53. The lowest BCUT2D eigenvalue weighted by Crippen LogP contribution is -2.25. The molecule has 1 aromatic carbocycles. The standard InChI is InChI=1S/C11H13NO5S/c1-2-10(11(13)14)18(17)7-8-3-5-9(6-4-8)12(15)16/h3-6,10H,2,7H2,1H3,(H,13,14). The average Bonchev–Trinajstić information content (AvgIpc) is 2.29. The maximum Gasteiger partial charge on any atom is 0.319 e. The number of nitro benzene ring substituents is 1. The highest BCUT2D eigenvalue weighted by molar-refractivity contribution is 7.85. The van der Waals surface area contributed by atoms with Crippen LogP contribution in [0.2, 0.25) is 0 Å². The molecular formula is C11H13NO5S. The first-order valence-electron chi connectivity index (χ1n) is 5.29. The van der Waals surface area contributed by atoms with Crippen molar-refractivity contribution in [3.05, 3.63) is 39.9 Å². The van der Waals surface area contributed by atoms with Crippen molar-refractivity contribution >= 4 is 22.5 Å². The monoisotopic (exact) mass is 271 g/mol. The third kappa shape index (κ3) is 3.63. The van der Waals surface area contributed by atoms with Gasteiger partial charge in [-0.05, 0) is 12.0 Å². The molecule has 0 aliphatic rings. The van der Waals surface area contributed by atoms with Crippen LogP contribution in [0.25, 0.3) is 0 Å². The van der Waals surface area contributed by atoms with Crippen molar-refractivity contribution < 1.29 is 19.0 Å². The van der Waals surface area contributed by atoms with Crippen LogP contribution in [0.5, 0.6) is 0 Å². The van der Waals surface area contributed by atoms with Gasteiger partial charge < -0.3 is 5.11 Å². The summed E-state index contributed by atoms with van der Waals surface area (Å²) in [7, 11) is -1.53. The number of hydrogen-bond acceptors (Lipinski definition) is 4. The fourth-order valence-electron chi connectivity index (χ4n) is 1.45. The number of hydrogen-bond donors (Lipinski definition) is 1. The number of rotatable bonds is 6. The molecule has 0 heterocycles. The van der Waals surface area contributed by atoms with Crippen LogP contribution >= 0.6 is 0 Å². The maximum atomic E-state index is 11.8. The zero-order chi connectivity index (χ0) is 13.7. The predicted molar refractivity (Wildman–Crippen MR) is 66.7 cm³/mol. The molecule has 0 bridgehead atoms. The first kappa shape index (κ1) is 14.3. The number of benzene rings is 1. The van der Waals surface area contributed by atoms with Gasteiger partial charge in [0, 0.05) is 28.7 Å². The van der Waals surface area contributed by atoms with E-state index in [1.54, 1.807) is 6.92 Å². The smallest absolute Gasteiger partial charge is 0.319 e. The first-order valence-corrected chi connectivity index (χ1v) is 6.67. The first-order chi connectivity index (χ1) is 8.45. The van der Waals surface area contributed by atoms with Crippen LogP contribution in [0.15, 0.2) is 24.3 Å². The third-order valence-corrected chi connectivity index (χ3v) is 4.21. The Labute approximate surface area is 106 Å². The van der Waals surface area contributed by atoms with E-state index >= 15 is 0 Å². The quantitative estimate of drug-likeness (QED) is 0.627. The summed E-state index contributed by atoms with van der Waals surface area (Å²) in [4.78, 5) is 20.7. The largest absolute Gasteiger partial charge is 0.480 e. The van der Waals surface area contributed by atoms with Crippen molar-refractivity contribution in [3.8, 4) is 0 Å². The minimum Gasteiger partial charge on any atom is -0.480 e. The van der Waals surface area contributed by atoms with Gasteiger partial charge in [-0.15, -0.1) is 0 Å². The van der Waals surface area contributed by atoms with Gasteiger partial charge in [-0.2, -0.15) is 0 Å². The van der Waals surface area contributed by atoms with E-state index in [0.717, 1.165) is 0 Å². The van der Waals surface area contributed by atoms with Crippen molar-refractivity contribution in [2.24, 2.45) is 0 Å². The number of aliphatic carboxylic acids is 1. The Hall–Kier alpha value is -1.76. The summed E-state index contributed by atoms with van der Waals surface area (Å²) in [5.74, 6) is -0.999. The molecule has 6 nitrogen and oxygen atoms in total. The van der Waals surface area contributed by atoms with Crippen molar-refractivity contribution in [1.82, 2.24) is 0 Å². The Bertz CT molecular complexity index is 471. The highest BCUT2D eigenvalue weighted by Crippen LogP contribution is 2.15. The Balaban J connectivity index is 2.76. The number of non-ortho nitro benzene ring substituents is 1. The van der Waals surface area contributed by atoms with Crippen LogP contribution in [0, 0.1) is 10.1 Å². The second-order valence-corrected chi connectivity index (χ2v) is 5.30. The molecule has 2 unspecified atom stereocenters. The lowest BCUT2D eigenvalue weighted by atomic mass is 10.2. The van der Waals surface area contributed by atoms with Crippen LogP contribution < -0.4 is 0 Å². The maximum absolute atomic E-state index is 11.8. The highest BCUT2D eigenvalue weighted by atomic mass is 32.2. The molecule has 98 valence electrons. The van der Waals surface area contributed by atoms with Gasteiger partial charge in [0.15, 0.2) is 0 Å². The summed E-state index contributed by atoms with van der Waals surface area (Å²) in [5.41, 5.74) is 0.577. The summed E-state index contributed by atoms with van der Waals surface area (Å²) < 4.78 is 11.8. The van der Waals surface area contributed by atoms with E-state index in [-0.39, 0.29) is 17.9 Å². The van der Waals surface area contributed by atoms with Gasteiger partial charge in [0.2, 0.25) is 0 Å². The molecule has 0 radical (unpaired) electrons. The number of nitrogens with zero attached hydrogens (tertiary/aromatic N) is 1. The zero-order valence-corrected chi connectivity index (χ0v) is 10.6. The molecule has 0 aromatic heterocycles.